The van der Waals surface area contributed by atoms with Crippen molar-refractivity contribution in [1.82, 2.24) is 14.1 Å². The fraction of sp³-hybridized carbons (Fsp3) is 0.353. The summed E-state index contributed by atoms with van der Waals surface area (Å²) in [4.78, 5) is 0. The Morgan fingerprint density at radius 3 is 2.78 bits per heavy atom. The fourth-order valence-electron chi connectivity index (χ4n) is 2.92. The summed E-state index contributed by atoms with van der Waals surface area (Å²) in [5.41, 5.74) is 2.05. The summed E-state index contributed by atoms with van der Waals surface area (Å²) >= 11 is 0. The Morgan fingerprint density at radius 2 is 2.09 bits per heavy atom. The first-order chi connectivity index (χ1) is 11.0. The van der Waals surface area contributed by atoms with Gasteiger partial charge >= 0.3 is 0 Å². The molecule has 1 atom stereocenters. The highest BCUT2D eigenvalue weighted by molar-refractivity contribution is 7.92. The summed E-state index contributed by atoms with van der Waals surface area (Å²) in [6.45, 7) is 1.17. The number of hydrogen-bond acceptors (Lipinski definition) is 3. The van der Waals surface area contributed by atoms with E-state index < -0.39 is 10.0 Å². The summed E-state index contributed by atoms with van der Waals surface area (Å²) in [7, 11) is -1.45. The molecule has 0 N–H and O–H groups in total. The van der Waals surface area contributed by atoms with E-state index in [0.29, 0.717) is 19.0 Å². The quantitative estimate of drug-likeness (QED) is 0.845. The van der Waals surface area contributed by atoms with E-state index in [1.807, 2.05) is 49.8 Å². The molecule has 1 fully saturated rings. The van der Waals surface area contributed by atoms with E-state index in [0.717, 1.165) is 24.0 Å². The second-order valence-electron chi connectivity index (χ2n) is 6.00. The fourth-order valence-corrected chi connectivity index (χ4v) is 4.20. The lowest BCUT2D eigenvalue weighted by Crippen LogP contribution is -2.27. The normalized spacial score (nSPS) is 19.6. The molecule has 0 amide bonds. The zero-order chi connectivity index (χ0) is 16.3. The number of nitrogens with zero attached hydrogens (tertiary/aromatic N) is 3. The van der Waals surface area contributed by atoms with Crippen LogP contribution in [0.5, 0.6) is 0 Å². The average molecular weight is 331 g/mol. The van der Waals surface area contributed by atoms with Crippen LogP contribution < -0.4 is 0 Å². The third-order valence-corrected chi connectivity index (χ3v) is 5.65. The highest BCUT2D eigenvalue weighted by Crippen LogP contribution is 2.24. The lowest BCUT2D eigenvalue weighted by Gasteiger charge is -2.13. The third-order valence-electron chi connectivity index (χ3n) is 4.12. The summed E-state index contributed by atoms with van der Waals surface area (Å²) < 4.78 is 28.2. The van der Waals surface area contributed by atoms with Crippen LogP contribution in [0.4, 0.5) is 0 Å². The molecular formula is C17H21N3O2S. The molecule has 122 valence electrons. The molecule has 1 aliphatic heterocycles. The van der Waals surface area contributed by atoms with Crippen molar-refractivity contribution in [2.45, 2.75) is 12.8 Å². The van der Waals surface area contributed by atoms with E-state index in [1.54, 1.807) is 15.1 Å². The van der Waals surface area contributed by atoms with E-state index in [2.05, 4.69) is 5.10 Å². The molecule has 1 aromatic carbocycles. The van der Waals surface area contributed by atoms with E-state index in [-0.39, 0.29) is 0 Å². The molecule has 5 nitrogen and oxygen atoms in total. The average Bonchev–Trinajstić information content (AvgIpc) is 3.17. The lowest BCUT2D eigenvalue weighted by atomic mass is 10.0. The Bertz CT molecular complexity index is 781. The maximum Gasteiger partial charge on any atom is 0.236 e. The van der Waals surface area contributed by atoms with Crippen LogP contribution in [-0.4, -0.2) is 35.6 Å². The Morgan fingerprint density at radius 1 is 1.30 bits per heavy atom. The van der Waals surface area contributed by atoms with Gasteiger partial charge in [-0.25, -0.2) is 8.42 Å². The monoisotopic (exact) mass is 331 g/mol. The minimum absolute atomic E-state index is 0.360. The Hall–Kier alpha value is -1.92. The minimum Gasteiger partial charge on any atom is -0.276 e. The first kappa shape index (κ1) is 16.0. The van der Waals surface area contributed by atoms with Gasteiger partial charge in [-0.15, -0.1) is 0 Å². The molecule has 0 unspecified atom stereocenters. The van der Waals surface area contributed by atoms with Gasteiger partial charge in [0.25, 0.3) is 0 Å². The van der Waals surface area contributed by atoms with Crippen molar-refractivity contribution in [2.75, 3.05) is 13.1 Å². The summed E-state index contributed by atoms with van der Waals surface area (Å²) in [5.74, 6) is 0.360. The molecule has 0 saturated carbocycles. The van der Waals surface area contributed by atoms with Crippen molar-refractivity contribution in [2.24, 2.45) is 13.0 Å². The Balaban J connectivity index is 1.62. The van der Waals surface area contributed by atoms with Crippen molar-refractivity contribution in [3.63, 3.8) is 0 Å². The van der Waals surface area contributed by atoms with Crippen LogP contribution in [0, 0.1) is 5.92 Å². The topological polar surface area (TPSA) is 55.2 Å². The molecule has 3 rings (SSSR count). The maximum atomic E-state index is 12.4. The summed E-state index contributed by atoms with van der Waals surface area (Å²) in [6, 6.07) is 9.48. The molecular weight excluding hydrogens is 310 g/mol. The van der Waals surface area contributed by atoms with Gasteiger partial charge in [0.15, 0.2) is 0 Å². The van der Waals surface area contributed by atoms with Crippen molar-refractivity contribution in [1.29, 1.82) is 0 Å². The van der Waals surface area contributed by atoms with E-state index in [9.17, 15) is 8.42 Å². The third kappa shape index (κ3) is 4.09. The molecule has 0 aliphatic carbocycles. The van der Waals surface area contributed by atoms with Gasteiger partial charge in [-0.2, -0.15) is 9.40 Å². The number of aryl methyl sites for hydroxylation is 1. The molecule has 1 saturated heterocycles. The highest BCUT2D eigenvalue weighted by atomic mass is 32.2. The van der Waals surface area contributed by atoms with Crippen LogP contribution in [0.1, 0.15) is 17.5 Å². The predicted molar refractivity (Wildman–Crippen MR) is 91.0 cm³/mol. The van der Waals surface area contributed by atoms with Crippen molar-refractivity contribution in [3.05, 3.63) is 59.3 Å². The molecule has 1 aromatic heterocycles. The zero-order valence-electron chi connectivity index (χ0n) is 13.2. The maximum absolute atomic E-state index is 12.4. The van der Waals surface area contributed by atoms with Gasteiger partial charge in [-0.05, 0) is 36.0 Å². The number of benzene rings is 1. The van der Waals surface area contributed by atoms with Gasteiger partial charge in [-0.1, -0.05) is 30.3 Å². The van der Waals surface area contributed by atoms with Crippen LogP contribution in [0.15, 0.2) is 48.1 Å². The lowest BCUT2D eigenvalue weighted by molar-refractivity contribution is 0.463. The number of aromatic nitrogens is 2. The van der Waals surface area contributed by atoms with Crippen LogP contribution in [0.2, 0.25) is 0 Å². The second kappa shape index (κ2) is 6.68. The van der Waals surface area contributed by atoms with Crippen molar-refractivity contribution < 1.29 is 8.42 Å². The number of hydrogen-bond donors (Lipinski definition) is 0. The van der Waals surface area contributed by atoms with Crippen LogP contribution in [-0.2, 0) is 23.5 Å². The molecule has 23 heavy (non-hydrogen) atoms. The largest absolute Gasteiger partial charge is 0.276 e. The smallest absolute Gasteiger partial charge is 0.236 e. The molecule has 0 spiro atoms. The standard InChI is InChI=1S/C17H21N3O2S/c1-19-13-17(12-18-19)11-16-7-9-20(14-16)23(21,22)10-8-15-5-3-2-4-6-15/h2-6,8,10,12-13,16H,7,9,11,14H2,1H3/b10-8+/t16-/m0/s1. The molecule has 1 aliphatic rings. The Kier molecular flexibility index (Phi) is 4.63. The van der Waals surface area contributed by atoms with Crippen LogP contribution in [0.3, 0.4) is 0 Å². The highest BCUT2D eigenvalue weighted by Gasteiger charge is 2.29. The first-order valence-corrected chi connectivity index (χ1v) is 9.24. The number of sulfonamides is 1. The molecule has 0 radical (unpaired) electrons. The molecule has 2 heterocycles. The van der Waals surface area contributed by atoms with Gasteiger partial charge in [0.2, 0.25) is 10.0 Å². The van der Waals surface area contributed by atoms with E-state index >= 15 is 0 Å². The van der Waals surface area contributed by atoms with E-state index in [4.69, 9.17) is 0 Å². The Labute approximate surface area is 137 Å². The molecule has 2 aromatic rings. The summed E-state index contributed by atoms with van der Waals surface area (Å²) in [6.07, 6.45) is 7.28. The van der Waals surface area contributed by atoms with Gasteiger partial charge in [0.05, 0.1) is 6.20 Å². The summed E-state index contributed by atoms with van der Waals surface area (Å²) in [5, 5.41) is 5.48. The van der Waals surface area contributed by atoms with Gasteiger partial charge < -0.3 is 0 Å². The van der Waals surface area contributed by atoms with E-state index in [1.165, 1.54) is 5.41 Å². The van der Waals surface area contributed by atoms with Crippen molar-refractivity contribution in [3.8, 4) is 0 Å². The SMILES string of the molecule is Cn1cc(C[C@@H]2CCN(S(=O)(=O)/C=C/c3ccccc3)C2)cn1. The van der Waals surface area contributed by atoms with Crippen LogP contribution >= 0.6 is 0 Å². The first-order valence-electron chi connectivity index (χ1n) is 7.74. The van der Waals surface area contributed by atoms with Gasteiger partial charge in [-0.3, -0.25) is 4.68 Å². The predicted octanol–water partition coefficient (Wildman–Crippen LogP) is 2.29. The van der Waals surface area contributed by atoms with Crippen LogP contribution in [0.25, 0.3) is 6.08 Å². The zero-order valence-corrected chi connectivity index (χ0v) is 14.0. The second-order valence-corrected chi connectivity index (χ2v) is 7.82. The minimum atomic E-state index is -3.35. The van der Waals surface area contributed by atoms with Gasteiger partial charge in [0, 0.05) is 31.7 Å². The van der Waals surface area contributed by atoms with Gasteiger partial charge in [0.1, 0.15) is 0 Å². The number of rotatable bonds is 5. The van der Waals surface area contributed by atoms with Crippen molar-refractivity contribution >= 4 is 16.1 Å². The molecule has 0 bridgehead atoms. The molecule has 6 heteroatoms.